The van der Waals surface area contributed by atoms with Crippen molar-refractivity contribution in [3.63, 3.8) is 0 Å². The molecule has 0 spiro atoms. The number of nitrogens with one attached hydrogen (secondary N) is 1. The van der Waals surface area contributed by atoms with Gasteiger partial charge in [-0.1, -0.05) is 5.16 Å². The van der Waals surface area contributed by atoms with E-state index in [2.05, 4.69) is 25.3 Å². The summed E-state index contributed by atoms with van der Waals surface area (Å²) in [7, 11) is 1.24. The second kappa shape index (κ2) is 8.66. The summed E-state index contributed by atoms with van der Waals surface area (Å²) in [4.78, 5) is 50.9. The predicted octanol–water partition coefficient (Wildman–Crippen LogP) is -2.61. The summed E-state index contributed by atoms with van der Waals surface area (Å²) in [6, 6.07) is -1.14. The van der Waals surface area contributed by atoms with Crippen LogP contribution in [0.15, 0.2) is 51.9 Å². The minimum Gasteiger partial charge on any atom is -0.543 e. The van der Waals surface area contributed by atoms with Crippen LogP contribution in [0.3, 0.4) is 0 Å². The van der Waals surface area contributed by atoms with Crippen LogP contribution in [0.1, 0.15) is 5.69 Å². The van der Waals surface area contributed by atoms with Gasteiger partial charge in [0, 0.05) is 11.3 Å². The standard InChI is InChI=1S/C18H17N7O6S/c1-30-23-11(10-7-31-18(19)21-10)14(26)22-12-15(27)25-13(17(28)29)9(8-32-16(12)25)6-24-4-2-20-3-5-24/h2-5,7,12,16H,6,8H2,1H3,(H3-,19,21,22,26,28,29)/t12?,16-/m0/s1. The number of thioether (sulfide) groups is 1. The zero-order chi connectivity index (χ0) is 22.8. The van der Waals surface area contributed by atoms with Gasteiger partial charge in [0.05, 0.1) is 24.1 Å². The number of β-lactam (4-membered cyclic amide) rings is 1. The molecule has 32 heavy (non-hydrogen) atoms. The summed E-state index contributed by atoms with van der Waals surface area (Å²) < 4.78 is 6.62. The van der Waals surface area contributed by atoms with Crippen LogP contribution in [0.5, 0.6) is 0 Å². The number of hydrogen-bond acceptors (Lipinski definition) is 11. The van der Waals surface area contributed by atoms with E-state index < -0.39 is 29.2 Å². The molecule has 2 aliphatic rings. The summed E-state index contributed by atoms with van der Waals surface area (Å²) in [5.41, 5.74) is 5.53. The van der Waals surface area contributed by atoms with E-state index >= 15 is 0 Å². The maximum absolute atomic E-state index is 12.8. The largest absolute Gasteiger partial charge is 0.543 e. The van der Waals surface area contributed by atoms with E-state index in [4.69, 9.17) is 10.2 Å². The van der Waals surface area contributed by atoms with Crippen molar-refractivity contribution in [3.05, 3.63) is 48.0 Å². The highest BCUT2D eigenvalue weighted by molar-refractivity contribution is 8.00. The number of oxime groups is 1. The first-order chi connectivity index (χ1) is 15.4. The maximum Gasteiger partial charge on any atom is 0.292 e. The molecule has 2 aromatic heterocycles. The Morgan fingerprint density at radius 2 is 2.22 bits per heavy atom. The van der Waals surface area contributed by atoms with Gasteiger partial charge >= 0.3 is 0 Å². The van der Waals surface area contributed by atoms with Crippen LogP contribution in [0.4, 0.5) is 6.01 Å². The SMILES string of the molecule is CON=C(C(=O)NC1C(=O)N2C(C(=O)[O-])=C(C[n+]3ccncc3)CS[C@@H]12)c1coc(N)n1. The first-order valence-corrected chi connectivity index (χ1v) is 10.3. The van der Waals surface area contributed by atoms with E-state index in [0.29, 0.717) is 11.3 Å². The van der Waals surface area contributed by atoms with Gasteiger partial charge in [-0.15, -0.1) is 11.8 Å². The Morgan fingerprint density at radius 3 is 2.84 bits per heavy atom. The van der Waals surface area contributed by atoms with Crippen LogP contribution in [-0.2, 0) is 25.8 Å². The molecular formula is C18H17N7O6S. The molecule has 166 valence electrons. The van der Waals surface area contributed by atoms with Crippen molar-refractivity contribution < 1.29 is 33.3 Å². The number of amides is 2. The lowest BCUT2D eigenvalue weighted by Crippen LogP contribution is -2.71. The molecule has 4 heterocycles. The average molecular weight is 459 g/mol. The van der Waals surface area contributed by atoms with E-state index in [1.165, 1.54) is 18.9 Å². The lowest BCUT2D eigenvalue weighted by molar-refractivity contribution is -0.689. The molecule has 2 amide bonds. The van der Waals surface area contributed by atoms with Gasteiger partial charge in [-0.25, -0.2) is 0 Å². The van der Waals surface area contributed by atoms with Crippen molar-refractivity contribution in [1.29, 1.82) is 0 Å². The Morgan fingerprint density at radius 1 is 1.47 bits per heavy atom. The van der Waals surface area contributed by atoms with E-state index in [9.17, 15) is 19.5 Å². The topological polar surface area (TPSA) is 180 Å². The predicted molar refractivity (Wildman–Crippen MR) is 106 cm³/mol. The number of nitrogens with zero attached hydrogens (tertiary/aromatic N) is 5. The van der Waals surface area contributed by atoms with Crippen LogP contribution in [-0.4, -0.2) is 62.6 Å². The monoisotopic (exact) mass is 459 g/mol. The molecule has 0 saturated carbocycles. The second-order valence-corrected chi connectivity index (χ2v) is 7.82. The number of oxazole rings is 1. The Labute approximate surface area is 184 Å². The molecule has 4 rings (SSSR count). The molecule has 0 radical (unpaired) electrons. The molecule has 1 saturated heterocycles. The van der Waals surface area contributed by atoms with Crippen molar-refractivity contribution in [2.45, 2.75) is 18.0 Å². The lowest BCUT2D eigenvalue weighted by Gasteiger charge is -2.50. The van der Waals surface area contributed by atoms with E-state index in [0.717, 1.165) is 11.2 Å². The number of carbonyl (C=O) groups is 3. The van der Waals surface area contributed by atoms with Crippen molar-refractivity contribution in [2.75, 3.05) is 18.6 Å². The third-order valence-corrected chi connectivity index (χ3v) is 6.09. The number of carboxylic acids is 1. The molecule has 0 aromatic carbocycles. The highest BCUT2D eigenvalue weighted by atomic mass is 32.2. The van der Waals surface area contributed by atoms with E-state index in [-0.39, 0.29) is 29.7 Å². The number of aromatic nitrogens is 3. The number of nitrogens with two attached hydrogens (primary N) is 1. The summed E-state index contributed by atoms with van der Waals surface area (Å²) in [5, 5.41) is 17.4. The van der Waals surface area contributed by atoms with Crippen molar-refractivity contribution in [3.8, 4) is 0 Å². The molecule has 1 unspecified atom stereocenters. The Kier molecular flexibility index (Phi) is 5.77. The number of hydrogen-bond donors (Lipinski definition) is 2. The second-order valence-electron chi connectivity index (χ2n) is 6.71. The van der Waals surface area contributed by atoms with Crippen LogP contribution in [0, 0.1) is 0 Å². The fourth-order valence-corrected chi connectivity index (χ4v) is 4.70. The average Bonchev–Trinajstić information content (AvgIpc) is 3.21. The van der Waals surface area contributed by atoms with Crippen molar-refractivity contribution in [1.82, 2.24) is 20.2 Å². The van der Waals surface area contributed by atoms with Gasteiger partial charge in [-0.3, -0.25) is 19.5 Å². The van der Waals surface area contributed by atoms with Gasteiger partial charge < -0.3 is 30.2 Å². The van der Waals surface area contributed by atoms with Crippen molar-refractivity contribution >= 4 is 41.3 Å². The quantitative estimate of drug-likeness (QED) is 0.193. The Hall–Kier alpha value is -3.94. The highest BCUT2D eigenvalue weighted by Gasteiger charge is 2.53. The molecule has 0 bridgehead atoms. The number of carbonyl (C=O) groups excluding carboxylic acids is 3. The van der Waals surface area contributed by atoms with Crippen molar-refractivity contribution in [2.24, 2.45) is 5.16 Å². The minimum atomic E-state index is -1.46. The number of rotatable bonds is 7. The van der Waals surface area contributed by atoms with E-state index in [1.807, 2.05) is 0 Å². The summed E-state index contributed by atoms with van der Waals surface area (Å²) >= 11 is 1.33. The normalized spacial score (nSPS) is 20.5. The third kappa shape index (κ3) is 3.87. The van der Waals surface area contributed by atoms with Gasteiger partial charge in [-0.2, -0.15) is 9.55 Å². The van der Waals surface area contributed by atoms with Gasteiger partial charge in [0.2, 0.25) is 0 Å². The maximum atomic E-state index is 12.8. The Balaban J connectivity index is 1.53. The number of aliphatic carboxylic acids is 1. The highest BCUT2D eigenvalue weighted by Crippen LogP contribution is 2.40. The fraction of sp³-hybridized carbons (Fsp3) is 0.278. The van der Waals surface area contributed by atoms with Crippen LogP contribution in [0.2, 0.25) is 0 Å². The van der Waals surface area contributed by atoms with Crippen LogP contribution in [0.25, 0.3) is 0 Å². The fourth-order valence-electron chi connectivity index (χ4n) is 3.37. The molecule has 1 fully saturated rings. The zero-order valence-electron chi connectivity index (χ0n) is 16.6. The van der Waals surface area contributed by atoms with Gasteiger partial charge in [-0.05, 0) is 0 Å². The molecule has 3 N–H and O–H groups in total. The molecule has 13 nitrogen and oxygen atoms in total. The van der Waals surface area contributed by atoms with E-state index in [1.54, 1.807) is 29.4 Å². The number of carboxylic acid groups (broad SMARTS) is 1. The summed E-state index contributed by atoms with van der Waals surface area (Å²) in [5.74, 6) is -2.46. The molecule has 0 aliphatic carbocycles. The first-order valence-electron chi connectivity index (χ1n) is 9.21. The van der Waals surface area contributed by atoms with Gasteiger partial charge in [0.1, 0.15) is 30.5 Å². The smallest absolute Gasteiger partial charge is 0.292 e. The molecular weight excluding hydrogens is 442 g/mol. The van der Waals surface area contributed by atoms with Crippen LogP contribution < -0.4 is 20.7 Å². The zero-order valence-corrected chi connectivity index (χ0v) is 17.4. The number of nitrogen functional groups attached to an aromatic ring is 1. The number of fused-ring (bicyclic) bond motifs is 1. The number of anilines is 1. The lowest BCUT2D eigenvalue weighted by atomic mass is 10.0. The molecule has 2 aliphatic heterocycles. The molecule has 14 heteroatoms. The van der Waals surface area contributed by atoms with Gasteiger partial charge in [0.15, 0.2) is 24.7 Å². The van der Waals surface area contributed by atoms with Gasteiger partial charge in [0.25, 0.3) is 17.8 Å². The van der Waals surface area contributed by atoms with Crippen LogP contribution >= 0.6 is 11.8 Å². The molecule has 2 aromatic rings. The first kappa shape index (κ1) is 21.3. The Bertz CT molecular complexity index is 1130. The third-order valence-electron chi connectivity index (χ3n) is 4.75. The summed E-state index contributed by atoms with van der Waals surface area (Å²) in [6.45, 7) is 0.255. The summed E-state index contributed by atoms with van der Waals surface area (Å²) in [6.07, 6.45) is 7.63. The minimum absolute atomic E-state index is 0.0220. The molecule has 2 atom stereocenters.